The Kier molecular flexibility index (Phi) is 5.08. The first-order chi connectivity index (χ1) is 11.6. The van der Waals surface area contributed by atoms with Gasteiger partial charge >= 0.3 is 0 Å². The Morgan fingerprint density at radius 3 is 2.83 bits per heavy atom. The van der Waals surface area contributed by atoms with Crippen molar-refractivity contribution in [3.63, 3.8) is 0 Å². The van der Waals surface area contributed by atoms with Crippen LogP contribution in [0.5, 0.6) is 0 Å². The van der Waals surface area contributed by atoms with Gasteiger partial charge in [0.2, 0.25) is 5.91 Å². The topological polar surface area (TPSA) is 65.8 Å². The fraction of sp³-hybridized carbons (Fsp3) is 0.278. The van der Waals surface area contributed by atoms with Crippen molar-refractivity contribution in [2.75, 3.05) is 11.1 Å². The summed E-state index contributed by atoms with van der Waals surface area (Å²) in [5, 5.41) is 13.5. The Balaban J connectivity index is 1.70. The number of aryl methyl sites for hydroxylation is 1. The molecule has 0 fully saturated rings. The number of pyridine rings is 1. The quantitative estimate of drug-likeness (QED) is 0.835. The number of rotatable bonds is 4. The minimum atomic E-state index is -0.133. The van der Waals surface area contributed by atoms with Crippen LogP contribution in [0.2, 0.25) is 5.02 Å². The van der Waals surface area contributed by atoms with E-state index >= 15 is 0 Å². The Morgan fingerprint density at radius 2 is 2.12 bits per heavy atom. The van der Waals surface area contributed by atoms with Crippen molar-refractivity contribution < 1.29 is 4.79 Å². The van der Waals surface area contributed by atoms with Crippen molar-refractivity contribution in [2.24, 2.45) is 0 Å². The molecule has 4 nitrogen and oxygen atoms in total. The van der Waals surface area contributed by atoms with Crippen molar-refractivity contribution in [2.45, 2.75) is 31.2 Å². The van der Waals surface area contributed by atoms with Gasteiger partial charge in [0, 0.05) is 16.4 Å². The molecule has 0 bridgehead atoms. The molecule has 0 aliphatic heterocycles. The van der Waals surface area contributed by atoms with Crippen LogP contribution in [0.25, 0.3) is 0 Å². The second kappa shape index (κ2) is 7.25. The fourth-order valence-corrected chi connectivity index (χ4v) is 3.83. The zero-order valence-corrected chi connectivity index (χ0v) is 14.8. The molecule has 24 heavy (non-hydrogen) atoms. The third-order valence-electron chi connectivity index (χ3n) is 4.05. The molecule has 0 unspecified atom stereocenters. The van der Waals surface area contributed by atoms with Gasteiger partial charge in [0.1, 0.15) is 11.1 Å². The molecule has 6 heteroatoms. The molecular formula is C18H16ClN3OS. The van der Waals surface area contributed by atoms with E-state index in [1.54, 1.807) is 24.3 Å². The van der Waals surface area contributed by atoms with Crippen LogP contribution < -0.4 is 5.32 Å². The van der Waals surface area contributed by atoms with E-state index in [2.05, 4.69) is 16.4 Å². The maximum Gasteiger partial charge on any atom is 0.234 e. The van der Waals surface area contributed by atoms with E-state index < -0.39 is 0 Å². The average molecular weight is 358 g/mol. The summed E-state index contributed by atoms with van der Waals surface area (Å²) in [6, 6.07) is 9.20. The zero-order valence-electron chi connectivity index (χ0n) is 13.2. The first-order valence-electron chi connectivity index (χ1n) is 7.69. The summed E-state index contributed by atoms with van der Waals surface area (Å²) in [4.78, 5) is 16.7. The largest absolute Gasteiger partial charge is 0.325 e. The van der Waals surface area contributed by atoms with Crippen molar-refractivity contribution in [1.29, 1.82) is 5.26 Å². The minimum Gasteiger partial charge on any atom is -0.325 e. The van der Waals surface area contributed by atoms with Crippen LogP contribution in [0.3, 0.4) is 0 Å². The number of anilines is 1. The van der Waals surface area contributed by atoms with E-state index in [0.717, 1.165) is 30.5 Å². The molecule has 1 amide bonds. The molecule has 122 valence electrons. The Bertz CT molecular complexity index is 828. The van der Waals surface area contributed by atoms with Crippen LogP contribution in [0, 0.1) is 18.3 Å². The molecule has 0 saturated carbocycles. The molecule has 0 radical (unpaired) electrons. The normalized spacial score (nSPS) is 12.5. The number of nitrogens with one attached hydrogen (secondary N) is 1. The molecule has 0 spiro atoms. The lowest BCUT2D eigenvalue weighted by Gasteiger charge is -2.11. The van der Waals surface area contributed by atoms with Gasteiger partial charge in [0.05, 0.1) is 11.3 Å². The lowest BCUT2D eigenvalue weighted by molar-refractivity contribution is -0.113. The van der Waals surface area contributed by atoms with Crippen LogP contribution in [0.1, 0.15) is 28.8 Å². The molecule has 2 aromatic rings. The van der Waals surface area contributed by atoms with E-state index in [0.29, 0.717) is 21.3 Å². The highest BCUT2D eigenvalue weighted by atomic mass is 35.5. The predicted molar refractivity (Wildman–Crippen MR) is 96.5 cm³/mol. The monoisotopic (exact) mass is 357 g/mol. The van der Waals surface area contributed by atoms with E-state index in [4.69, 9.17) is 11.6 Å². The van der Waals surface area contributed by atoms with Crippen molar-refractivity contribution in [3.05, 3.63) is 51.7 Å². The number of nitriles is 1. The Morgan fingerprint density at radius 1 is 1.38 bits per heavy atom. The molecule has 1 aromatic heterocycles. The first-order valence-corrected chi connectivity index (χ1v) is 9.05. The third-order valence-corrected chi connectivity index (χ3v) is 5.27. The van der Waals surface area contributed by atoms with Gasteiger partial charge in [0.25, 0.3) is 0 Å². The summed E-state index contributed by atoms with van der Waals surface area (Å²) < 4.78 is 0. The summed E-state index contributed by atoms with van der Waals surface area (Å²) in [7, 11) is 0. The van der Waals surface area contributed by atoms with Gasteiger partial charge in [-0.15, -0.1) is 0 Å². The first kappa shape index (κ1) is 16.8. The maximum absolute atomic E-state index is 12.1. The predicted octanol–water partition coefficient (Wildman–Crippen LogP) is 4.13. The third kappa shape index (κ3) is 3.55. The van der Waals surface area contributed by atoms with Gasteiger partial charge in [-0.3, -0.25) is 4.79 Å². The van der Waals surface area contributed by atoms with Crippen LogP contribution >= 0.6 is 23.4 Å². The summed E-state index contributed by atoms with van der Waals surface area (Å²) in [5.74, 6) is 0.0777. The molecular weight excluding hydrogens is 342 g/mol. The lowest BCUT2D eigenvalue weighted by Crippen LogP contribution is -2.14. The van der Waals surface area contributed by atoms with Crippen LogP contribution in [-0.2, 0) is 17.6 Å². The highest BCUT2D eigenvalue weighted by molar-refractivity contribution is 8.00. The number of fused-ring (bicyclic) bond motifs is 1. The number of halogens is 1. The van der Waals surface area contributed by atoms with E-state index in [1.165, 1.54) is 17.3 Å². The SMILES string of the molecule is Cc1c(C#N)c(SCC(=O)Nc2ccc(Cl)cc2)nc2c1CCC2. The summed E-state index contributed by atoms with van der Waals surface area (Å²) in [6.45, 7) is 1.97. The molecule has 1 heterocycles. The maximum atomic E-state index is 12.1. The van der Waals surface area contributed by atoms with Gasteiger partial charge in [-0.2, -0.15) is 5.26 Å². The summed E-state index contributed by atoms with van der Waals surface area (Å²) >= 11 is 7.14. The highest BCUT2D eigenvalue weighted by Gasteiger charge is 2.21. The molecule has 1 aromatic carbocycles. The number of carbonyl (C=O) groups excluding carboxylic acids is 1. The Labute approximate surface area is 150 Å². The van der Waals surface area contributed by atoms with Gasteiger partial charge < -0.3 is 5.32 Å². The number of thioether (sulfide) groups is 1. The molecule has 1 N–H and O–H groups in total. The van der Waals surface area contributed by atoms with Gasteiger partial charge in [-0.05, 0) is 61.6 Å². The second-order valence-corrected chi connectivity index (χ2v) is 7.05. The zero-order chi connectivity index (χ0) is 17.1. The number of benzene rings is 1. The molecule has 0 atom stereocenters. The van der Waals surface area contributed by atoms with Crippen LogP contribution in [0.15, 0.2) is 29.3 Å². The second-order valence-electron chi connectivity index (χ2n) is 5.65. The highest BCUT2D eigenvalue weighted by Crippen LogP contribution is 2.31. The summed E-state index contributed by atoms with van der Waals surface area (Å²) in [6.07, 6.45) is 3.02. The Hall–Kier alpha value is -2.03. The minimum absolute atomic E-state index is 0.133. The number of nitrogens with zero attached hydrogens (tertiary/aromatic N) is 2. The van der Waals surface area contributed by atoms with Crippen LogP contribution in [0.4, 0.5) is 5.69 Å². The lowest BCUT2D eigenvalue weighted by atomic mass is 10.0. The van der Waals surface area contributed by atoms with E-state index in [-0.39, 0.29) is 11.7 Å². The molecule has 1 aliphatic rings. The molecule has 1 aliphatic carbocycles. The van der Waals surface area contributed by atoms with Crippen molar-refractivity contribution >= 4 is 35.0 Å². The van der Waals surface area contributed by atoms with Crippen LogP contribution in [-0.4, -0.2) is 16.6 Å². The fourth-order valence-electron chi connectivity index (χ4n) is 2.85. The van der Waals surface area contributed by atoms with Gasteiger partial charge in [-0.25, -0.2) is 4.98 Å². The molecule has 0 saturated heterocycles. The average Bonchev–Trinajstić information content (AvgIpc) is 3.04. The van der Waals surface area contributed by atoms with Gasteiger partial charge in [-0.1, -0.05) is 23.4 Å². The van der Waals surface area contributed by atoms with Crippen molar-refractivity contribution in [3.8, 4) is 6.07 Å². The number of carbonyl (C=O) groups is 1. The number of hydrogen-bond acceptors (Lipinski definition) is 4. The smallest absolute Gasteiger partial charge is 0.234 e. The number of hydrogen-bond donors (Lipinski definition) is 1. The van der Waals surface area contributed by atoms with E-state index in [9.17, 15) is 10.1 Å². The number of amides is 1. The standard InChI is InChI=1S/C18H16ClN3OS/c1-11-14-3-2-4-16(14)22-18(15(11)9-20)24-10-17(23)21-13-7-5-12(19)6-8-13/h5-8H,2-4,10H2,1H3,(H,21,23). The number of aromatic nitrogens is 1. The van der Waals surface area contributed by atoms with Gasteiger partial charge in [0.15, 0.2) is 0 Å². The molecule has 3 rings (SSSR count). The van der Waals surface area contributed by atoms with Crippen molar-refractivity contribution in [1.82, 2.24) is 4.98 Å². The van der Waals surface area contributed by atoms with E-state index in [1.807, 2.05) is 6.92 Å². The summed E-state index contributed by atoms with van der Waals surface area (Å²) in [5.41, 5.74) is 4.60.